The number of hydrogen-bond donors (Lipinski definition) is 1. The van der Waals surface area contributed by atoms with Gasteiger partial charge in [-0.05, 0) is 30.2 Å². The maximum atomic E-state index is 3.63. The summed E-state index contributed by atoms with van der Waals surface area (Å²) < 4.78 is 0. The largest absolute Gasteiger partial charge is 0.316 e. The average Bonchev–Trinajstić information content (AvgIpc) is 2.17. The smallest absolute Gasteiger partial charge is 0.000772 e. The molecule has 0 saturated carbocycles. The second kappa shape index (κ2) is 8.11. The average molecular weight is 227 g/mol. The number of hydrogen-bond acceptors (Lipinski definition) is 1. The summed E-state index contributed by atoms with van der Waals surface area (Å²) in [4.78, 5) is 0. The number of nitrogens with one attached hydrogen (secondary N) is 1. The molecular formula is C15H33N. The summed E-state index contributed by atoms with van der Waals surface area (Å²) in [6.07, 6.45) is 5.46. The minimum atomic E-state index is 0.476. The third-order valence-electron chi connectivity index (χ3n) is 3.83. The van der Waals surface area contributed by atoms with Crippen molar-refractivity contribution in [2.24, 2.45) is 17.3 Å². The molecule has 0 aromatic carbocycles. The van der Waals surface area contributed by atoms with Crippen LogP contribution in [0.3, 0.4) is 0 Å². The van der Waals surface area contributed by atoms with Crippen molar-refractivity contribution in [1.29, 1.82) is 0 Å². The highest BCUT2D eigenvalue weighted by molar-refractivity contribution is 4.80. The Labute approximate surface area is 103 Å². The molecule has 0 aliphatic heterocycles. The van der Waals surface area contributed by atoms with Crippen molar-refractivity contribution in [3.05, 3.63) is 0 Å². The molecule has 0 saturated heterocycles. The molecule has 0 fully saturated rings. The monoisotopic (exact) mass is 227 g/mol. The van der Waals surface area contributed by atoms with Crippen LogP contribution in [0.15, 0.2) is 0 Å². The van der Waals surface area contributed by atoms with E-state index in [1.165, 1.54) is 32.2 Å². The van der Waals surface area contributed by atoms with Crippen LogP contribution in [0.25, 0.3) is 0 Å². The van der Waals surface area contributed by atoms with E-state index in [9.17, 15) is 0 Å². The molecule has 0 aliphatic carbocycles. The zero-order valence-electron chi connectivity index (χ0n) is 12.4. The van der Waals surface area contributed by atoms with Crippen LogP contribution in [0.1, 0.15) is 67.2 Å². The van der Waals surface area contributed by atoms with Gasteiger partial charge in [-0.25, -0.2) is 0 Å². The first-order chi connectivity index (χ1) is 7.42. The van der Waals surface area contributed by atoms with Crippen LogP contribution < -0.4 is 5.32 Å². The molecular weight excluding hydrogens is 194 g/mol. The van der Waals surface area contributed by atoms with Crippen LogP contribution in [0, 0.1) is 17.3 Å². The molecule has 0 bridgehead atoms. The first-order valence-corrected chi connectivity index (χ1v) is 7.13. The van der Waals surface area contributed by atoms with E-state index in [1.807, 2.05) is 0 Å². The molecule has 16 heavy (non-hydrogen) atoms. The molecule has 0 spiro atoms. The normalized spacial score (nSPS) is 15.8. The van der Waals surface area contributed by atoms with Crippen LogP contribution in [-0.4, -0.2) is 13.1 Å². The van der Waals surface area contributed by atoms with Gasteiger partial charge in [0.1, 0.15) is 0 Å². The van der Waals surface area contributed by atoms with Crippen LogP contribution in [0.5, 0.6) is 0 Å². The van der Waals surface area contributed by atoms with Crippen molar-refractivity contribution in [3.63, 3.8) is 0 Å². The fraction of sp³-hybridized carbons (Fsp3) is 1.00. The van der Waals surface area contributed by atoms with E-state index in [1.54, 1.807) is 0 Å². The predicted octanol–water partition coefficient (Wildman–Crippen LogP) is 4.47. The van der Waals surface area contributed by atoms with Crippen molar-refractivity contribution < 1.29 is 0 Å². The topological polar surface area (TPSA) is 12.0 Å². The Morgan fingerprint density at radius 1 is 1.06 bits per heavy atom. The van der Waals surface area contributed by atoms with Crippen molar-refractivity contribution in [1.82, 2.24) is 5.32 Å². The quantitative estimate of drug-likeness (QED) is 0.573. The Kier molecular flexibility index (Phi) is 8.09. The van der Waals surface area contributed by atoms with Gasteiger partial charge in [-0.15, -0.1) is 0 Å². The fourth-order valence-electron chi connectivity index (χ4n) is 2.01. The highest BCUT2D eigenvalue weighted by atomic mass is 14.9. The van der Waals surface area contributed by atoms with Crippen molar-refractivity contribution >= 4 is 0 Å². The lowest BCUT2D eigenvalue weighted by Gasteiger charge is -2.34. The Hall–Kier alpha value is -0.0400. The van der Waals surface area contributed by atoms with E-state index in [0.717, 1.165) is 18.4 Å². The van der Waals surface area contributed by atoms with Crippen molar-refractivity contribution in [3.8, 4) is 0 Å². The molecule has 0 amide bonds. The molecule has 1 heteroatoms. The first-order valence-electron chi connectivity index (χ1n) is 7.13. The number of rotatable bonds is 9. The maximum Gasteiger partial charge on any atom is 0.000772 e. The summed E-state index contributed by atoms with van der Waals surface area (Å²) in [5, 5.41) is 3.63. The van der Waals surface area contributed by atoms with Gasteiger partial charge in [-0.2, -0.15) is 0 Å². The van der Waals surface area contributed by atoms with E-state index < -0.39 is 0 Å². The molecule has 1 atom stereocenters. The van der Waals surface area contributed by atoms with Gasteiger partial charge in [0, 0.05) is 6.54 Å². The van der Waals surface area contributed by atoms with Gasteiger partial charge < -0.3 is 5.32 Å². The minimum absolute atomic E-state index is 0.476. The van der Waals surface area contributed by atoms with Gasteiger partial charge in [0.2, 0.25) is 0 Å². The Bertz CT molecular complexity index is 163. The molecule has 1 nitrogen and oxygen atoms in total. The van der Waals surface area contributed by atoms with E-state index >= 15 is 0 Å². The van der Waals surface area contributed by atoms with Crippen molar-refractivity contribution in [2.45, 2.75) is 67.2 Å². The fourth-order valence-corrected chi connectivity index (χ4v) is 2.01. The minimum Gasteiger partial charge on any atom is -0.316 e. The second-order valence-electron chi connectivity index (χ2n) is 6.29. The molecule has 0 aromatic heterocycles. The molecule has 98 valence electrons. The third kappa shape index (κ3) is 6.52. The van der Waals surface area contributed by atoms with Gasteiger partial charge in [0.05, 0.1) is 0 Å². The molecule has 0 aliphatic rings. The standard InChI is InChI=1S/C15H33N/c1-7-8-9-10-15(6,14(4)5)12-16-11-13(2)3/h13-14,16H,7-12H2,1-6H3. The summed E-state index contributed by atoms with van der Waals surface area (Å²) in [6, 6.07) is 0. The molecule has 1 N–H and O–H groups in total. The van der Waals surface area contributed by atoms with Gasteiger partial charge in [0.25, 0.3) is 0 Å². The molecule has 0 radical (unpaired) electrons. The third-order valence-corrected chi connectivity index (χ3v) is 3.83. The van der Waals surface area contributed by atoms with Gasteiger partial charge in [-0.1, -0.05) is 60.8 Å². The van der Waals surface area contributed by atoms with E-state index in [4.69, 9.17) is 0 Å². The van der Waals surface area contributed by atoms with Crippen LogP contribution in [-0.2, 0) is 0 Å². The SMILES string of the molecule is CCCCCC(C)(CNCC(C)C)C(C)C. The second-order valence-corrected chi connectivity index (χ2v) is 6.29. The van der Waals surface area contributed by atoms with Crippen LogP contribution in [0.2, 0.25) is 0 Å². The summed E-state index contributed by atoms with van der Waals surface area (Å²) in [5.74, 6) is 1.52. The summed E-state index contributed by atoms with van der Waals surface area (Å²) in [7, 11) is 0. The molecule has 0 rings (SSSR count). The van der Waals surface area contributed by atoms with E-state index in [-0.39, 0.29) is 0 Å². The first kappa shape index (κ1) is 16.0. The summed E-state index contributed by atoms with van der Waals surface area (Å²) in [5.41, 5.74) is 0.476. The highest BCUT2D eigenvalue weighted by Gasteiger charge is 2.27. The number of unbranched alkanes of at least 4 members (excludes halogenated alkanes) is 2. The van der Waals surface area contributed by atoms with Gasteiger partial charge >= 0.3 is 0 Å². The Morgan fingerprint density at radius 2 is 1.69 bits per heavy atom. The Balaban J connectivity index is 4.01. The predicted molar refractivity (Wildman–Crippen MR) is 74.8 cm³/mol. The molecule has 0 aromatic rings. The highest BCUT2D eigenvalue weighted by Crippen LogP contribution is 2.32. The zero-order valence-corrected chi connectivity index (χ0v) is 12.4. The molecule has 1 unspecified atom stereocenters. The molecule has 0 heterocycles. The van der Waals surface area contributed by atoms with E-state index in [0.29, 0.717) is 5.41 Å². The van der Waals surface area contributed by atoms with Gasteiger partial charge in [-0.3, -0.25) is 0 Å². The van der Waals surface area contributed by atoms with Crippen molar-refractivity contribution in [2.75, 3.05) is 13.1 Å². The zero-order chi connectivity index (χ0) is 12.6. The summed E-state index contributed by atoms with van der Waals surface area (Å²) >= 11 is 0. The lowest BCUT2D eigenvalue weighted by molar-refractivity contribution is 0.183. The van der Waals surface area contributed by atoms with Crippen LogP contribution in [0.4, 0.5) is 0 Å². The maximum absolute atomic E-state index is 3.63. The summed E-state index contributed by atoms with van der Waals surface area (Å²) in [6.45, 7) is 16.3. The Morgan fingerprint density at radius 3 is 2.12 bits per heavy atom. The lowest BCUT2D eigenvalue weighted by Crippen LogP contribution is -2.37. The van der Waals surface area contributed by atoms with E-state index in [2.05, 4.69) is 46.9 Å². The van der Waals surface area contributed by atoms with Gasteiger partial charge in [0.15, 0.2) is 0 Å². The lowest BCUT2D eigenvalue weighted by atomic mass is 9.75. The van der Waals surface area contributed by atoms with Crippen LogP contribution >= 0.6 is 0 Å².